The summed E-state index contributed by atoms with van der Waals surface area (Å²) < 4.78 is 7.14. The fourth-order valence-electron chi connectivity index (χ4n) is 2.65. The van der Waals surface area contributed by atoms with Gasteiger partial charge in [0.2, 0.25) is 5.88 Å². The number of nitrogens with zero attached hydrogens (tertiary/aromatic N) is 6. The maximum atomic E-state index is 10.9. The lowest BCUT2D eigenvalue weighted by atomic mass is 10.00. The summed E-state index contributed by atoms with van der Waals surface area (Å²) in [6.45, 7) is 7.58. The van der Waals surface area contributed by atoms with Gasteiger partial charge in [0, 0.05) is 19.0 Å². The highest BCUT2D eigenvalue weighted by Crippen LogP contribution is 2.33. The minimum absolute atomic E-state index is 0.214. The summed E-state index contributed by atoms with van der Waals surface area (Å²) in [5, 5.41) is 19.1. The lowest BCUT2D eigenvalue weighted by Crippen LogP contribution is -2.31. The summed E-state index contributed by atoms with van der Waals surface area (Å²) in [6.07, 6.45) is 5.66. The number of β-amino-alcohol motifs (C(OH)–C–C–N with tert-alkyl or cyclic N) is 1. The van der Waals surface area contributed by atoms with Crippen LogP contribution in [0.15, 0.2) is 18.6 Å². The molecule has 2 aromatic heterocycles. The molecule has 1 saturated heterocycles. The maximum absolute atomic E-state index is 10.9. The first-order valence-corrected chi connectivity index (χ1v) is 7.86. The van der Waals surface area contributed by atoms with Gasteiger partial charge in [0.1, 0.15) is 11.3 Å². The summed E-state index contributed by atoms with van der Waals surface area (Å²) in [5.41, 5.74) is -0.418. The normalized spacial score (nSPS) is 21.2. The first-order chi connectivity index (χ1) is 11.0. The van der Waals surface area contributed by atoms with Crippen molar-refractivity contribution in [1.29, 1.82) is 0 Å². The maximum Gasteiger partial charge on any atom is 0.234 e. The Labute approximate surface area is 135 Å². The number of anilines is 1. The largest absolute Gasteiger partial charge is 0.477 e. The van der Waals surface area contributed by atoms with E-state index in [0.717, 1.165) is 0 Å². The van der Waals surface area contributed by atoms with Crippen LogP contribution in [0, 0.1) is 0 Å². The van der Waals surface area contributed by atoms with Crippen molar-refractivity contribution >= 4 is 5.82 Å². The molecule has 0 spiro atoms. The second-order valence-corrected chi connectivity index (χ2v) is 6.03. The molecule has 1 aliphatic rings. The molecular weight excluding hydrogens is 296 g/mol. The van der Waals surface area contributed by atoms with Gasteiger partial charge in [-0.25, -0.2) is 4.68 Å². The van der Waals surface area contributed by atoms with Crippen LogP contribution >= 0.6 is 0 Å². The van der Waals surface area contributed by atoms with Crippen molar-refractivity contribution in [2.24, 2.45) is 0 Å². The number of rotatable bonds is 5. The third kappa shape index (κ3) is 3.12. The van der Waals surface area contributed by atoms with Gasteiger partial charge in [0.25, 0.3) is 0 Å². The predicted octanol–water partition coefficient (Wildman–Crippen LogP) is 1.15. The van der Waals surface area contributed by atoms with Crippen LogP contribution < -0.4 is 9.64 Å². The Bertz CT molecular complexity index is 673. The van der Waals surface area contributed by atoms with E-state index < -0.39 is 5.60 Å². The molecule has 1 fully saturated rings. The smallest absolute Gasteiger partial charge is 0.234 e. The minimum Gasteiger partial charge on any atom is -0.477 e. The molecular formula is C15H22N6O2. The van der Waals surface area contributed by atoms with Gasteiger partial charge >= 0.3 is 0 Å². The van der Waals surface area contributed by atoms with E-state index in [1.165, 1.54) is 0 Å². The first kappa shape index (κ1) is 15.7. The Balaban J connectivity index is 1.77. The minimum atomic E-state index is -1.02. The van der Waals surface area contributed by atoms with E-state index in [4.69, 9.17) is 4.74 Å². The molecule has 3 heterocycles. The van der Waals surface area contributed by atoms with Gasteiger partial charge in [0.05, 0.1) is 31.7 Å². The number of hydrogen-bond acceptors (Lipinski definition) is 7. The van der Waals surface area contributed by atoms with Gasteiger partial charge < -0.3 is 14.7 Å². The zero-order valence-corrected chi connectivity index (χ0v) is 13.7. The molecule has 1 N–H and O–H groups in total. The Morgan fingerprint density at radius 1 is 1.39 bits per heavy atom. The fourth-order valence-corrected chi connectivity index (χ4v) is 2.65. The lowest BCUT2D eigenvalue weighted by molar-refractivity contribution is 0.0558. The molecule has 124 valence electrons. The summed E-state index contributed by atoms with van der Waals surface area (Å²) in [4.78, 5) is 10.6. The lowest BCUT2D eigenvalue weighted by Gasteiger charge is -2.21. The highest BCUT2D eigenvalue weighted by Gasteiger charge is 2.41. The Kier molecular flexibility index (Phi) is 4.16. The van der Waals surface area contributed by atoms with Crippen LogP contribution in [0.2, 0.25) is 0 Å². The topological polar surface area (TPSA) is 89.2 Å². The Morgan fingerprint density at radius 3 is 2.91 bits per heavy atom. The highest BCUT2D eigenvalue weighted by atomic mass is 16.5. The SMILES string of the molecule is CCOc1cncc(N2CC[C@@](O)(c3cn(C(C)C)nn3)C2)n1. The molecule has 2 aromatic rings. The standard InChI is InChI=1S/C15H22N6O2/c1-4-23-14-8-16-7-13(17-14)20-6-5-15(22,10-20)12-9-21(11(2)3)19-18-12/h7-9,11,22H,4-6,10H2,1-3H3/t15-/m0/s1. The van der Waals surface area contributed by atoms with Gasteiger partial charge in [-0.05, 0) is 20.8 Å². The van der Waals surface area contributed by atoms with Crippen molar-refractivity contribution in [2.75, 3.05) is 24.6 Å². The molecule has 0 unspecified atom stereocenters. The average Bonchev–Trinajstić information content (AvgIpc) is 3.16. The molecule has 8 nitrogen and oxygen atoms in total. The van der Waals surface area contributed by atoms with Gasteiger partial charge in [-0.15, -0.1) is 5.10 Å². The fraction of sp³-hybridized carbons (Fsp3) is 0.600. The molecule has 0 saturated carbocycles. The first-order valence-electron chi connectivity index (χ1n) is 7.86. The molecule has 3 rings (SSSR count). The van der Waals surface area contributed by atoms with E-state index in [0.29, 0.717) is 43.5 Å². The molecule has 0 amide bonds. The van der Waals surface area contributed by atoms with Crippen LogP contribution in [-0.2, 0) is 5.60 Å². The summed E-state index contributed by atoms with van der Waals surface area (Å²) >= 11 is 0. The van der Waals surface area contributed by atoms with Crippen molar-refractivity contribution in [3.8, 4) is 5.88 Å². The van der Waals surface area contributed by atoms with Gasteiger partial charge in [-0.3, -0.25) is 4.98 Å². The van der Waals surface area contributed by atoms with Crippen LogP contribution in [-0.4, -0.2) is 49.8 Å². The van der Waals surface area contributed by atoms with Gasteiger partial charge in [-0.2, -0.15) is 4.98 Å². The summed E-state index contributed by atoms with van der Waals surface area (Å²) in [6, 6.07) is 0.214. The Hall–Kier alpha value is -2.22. The highest BCUT2D eigenvalue weighted by molar-refractivity contribution is 5.41. The molecule has 0 aliphatic carbocycles. The zero-order chi connectivity index (χ0) is 16.4. The summed E-state index contributed by atoms with van der Waals surface area (Å²) in [5.74, 6) is 1.19. The second-order valence-electron chi connectivity index (χ2n) is 6.03. The molecule has 1 aliphatic heterocycles. The second kappa shape index (κ2) is 6.11. The van der Waals surface area contributed by atoms with E-state index in [1.807, 2.05) is 31.9 Å². The van der Waals surface area contributed by atoms with Crippen molar-refractivity contribution in [2.45, 2.75) is 38.8 Å². The van der Waals surface area contributed by atoms with Crippen LogP contribution in [0.25, 0.3) is 0 Å². The number of aromatic nitrogens is 5. The van der Waals surface area contributed by atoms with Gasteiger partial charge in [0.15, 0.2) is 5.82 Å². The van der Waals surface area contributed by atoms with Crippen molar-refractivity contribution in [1.82, 2.24) is 25.0 Å². The third-order valence-electron chi connectivity index (χ3n) is 3.98. The van der Waals surface area contributed by atoms with Crippen LogP contribution in [0.1, 0.15) is 38.9 Å². The van der Waals surface area contributed by atoms with Crippen molar-refractivity contribution < 1.29 is 9.84 Å². The number of ether oxygens (including phenoxy) is 1. The predicted molar refractivity (Wildman–Crippen MR) is 84.3 cm³/mol. The molecule has 0 aromatic carbocycles. The van der Waals surface area contributed by atoms with E-state index in [2.05, 4.69) is 20.3 Å². The van der Waals surface area contributed by atoms with Crippen LogP contribution in [0.3, 0.4) is 0 Å². The van der Waals surface area contributed by atoms with Crippen molar-refractivity contribution in [3.63, 3.8) is 0 Å². The van der Waals surface area contributed by atoms with E-state index in [1.54, 1.807) is 17.1 Å². The molecule has 23 heavy (non-hydrogen) atoms. The molecule has 1 atom stereocenters. The van der Waals surface area contributed by atoms with Gasteiger partial charge in [-0.1, -0.05) is 5.21 Å². The zero-order valence-electron chi connectivity index (χ0n) is 13.7. The van der Waals surface area contributed by atoms with Crippen LogP contribution in [0.5, 0.6) is 5.88 Å². The monoisotopic (exact) mass is 318 g/mol. The van der Waals surface area contributed by atoms with E-state index in [9.17, 15) is 5.11 Å². The molecule has 0 radical (unpaired) electrons. The van der Waals surface area contributed by atoms with Crippen molar-refractivity contribution in [3.05, 3.63) is 24.3 Å². The molecule has 0 bridgehead atoms. The molecule has 8 heteroatoms. The quantitative estimate of drug-likeness (QED) is 0.884. The summed E-state index contributed by atoms with van der Waals surface area (Å²) in [7, 11) is 0. The van der Waals surface area contributed by atoms with E-state index in [-0.39, 0.29) is 6.04 Å². The Morgan fingerprint density at radius 2 is 2.22 bits per heavy atom. The number of aliphatic hydroxyl groups is 1. The van der Waals surface area contributed by atoms with Crippen LogP contribution in [0.4, 0.5) is 5.82 Å². The third-order valence-corrected chi connectivity index (χ3v) is 3.98. The average molecular weight is 318 g/mol. The van der Waals surface area contributed by atoms with E-state index >= 15 is 0 Å². The number of hydrogen-bond donors (Lipinski definition) is 1.